The molecule has 0 spiro atoms. The van der Waals surface area contributed by atoms with Crippen molar-refractivity contribution < 1.29 is 13.8 Å². The van der Waals surface area contributed by atoms with E-state index in [-0.39, 0.29) is 12.2 Å². The Morgan fingerprint density at radius 2 is 2.04 bits per heavy atom. The van der Waals surface area contributed by atoms with Crippen LogP contribution in [0, 0.1) is 13.8 Å². The lowest BCUT2D eigenvalue weighted by Crippen LogP contribution is -2.42. The number of ether oxygens (including phenoxy) is 1. The summed E-state index contributed by atoms with van der Waals surface area (Å²) in [6.07, 6.45) is 1.63. The molecule has 0 unspecified atom stereocenters. The third-order valence-electron chi connectivity index (χ3n) is 4.60. The smallest absolute Gasteiger partial charge is 0.257 e. The molecule has 3 aromatic rings. The summed E-state index contributed by atoms with van der Waals surface area (Å²) in [7, 11) is 1.91. The molecule has 1 aliphatic rings. The predicted octanol–water partition coefficient (Wildman–Crippen LogP) is 2.04. The summed E-state index contributed by atoms with van der Waals surface area (Å²) in [5, 5.41) is 12.3. The van der Waals surface area contributed by atoms with E-state index in [1.165, 1.54) is 0 Å². The van der Waals surface area contributed by atoms with Crippen LogP contribution >= 0.6 is 0 Å². The van der Waals surface area contributed by atoms with Gasteiger partial charge >= 0.3 is 0 Å². The second-order valence-corrected chi connectivity index (χ2v) is 6.75. The molecule has 0 bridgehead atoms. The van der Waals surface area contributed by atoms with Crippen molar-refractivity contribution in [2.75, 3.05) is 13.1 Å². The van der Waals surface area contributed by atoms with Gasteiger partial charge in [0.25, 0.3) is 5.89 Å². The van der Waals surface area contributed by atoms with Crippen LogP contribution in [0.4, 0.5) is 0 Å². The minimum atomic E-state index is -0.233. The SMILES string of the molecule is Cc1noc([C@H]2CN(Cc3cc(-c4cnn(C)c4C)no3)C[C@@H](C)O2)n1. The maximum atomic E-state index is 5.95. The van der Waals surface area contributed by atoms with Gasteiger partial charge in [0.05, 0.1) is 18.8 Å². The summed E-state index contributed by atoms with van der Waals surface area (Å²) in [5.74, 6) is 1.93. The molecule has 0 aliphatic carbocycles. The molecule has 1 fully saturated rings. The van der Waals surface area contributed by atoms with Crippen LogP contribution < -0.4 is 0 Å². The molecular formula is C17H22N6O3. The normalized spacial score (nSPS) is 21.4. The maximum absolute atomic E-state index is 5.95. The largest absolute Gasteiger partial charge is 0.363 e. The quantitative estimate of drug-likeness (QED) is 0.699. The average molecular weight is 358 g/mol. The number of morpholine rings is 1. The van der Waals surface area contributed by atoms with E-state index in [0.717, 1.165) is 29.3 Å². The van der Waals surface area contributed by atoms with Gasteiger partial charge in [0.2, 0.25) is 0 Å². The van der Waals surface area contributed by atoms with Crippen LogP contribution in [-0.2, 0) is 18.3 Å². The van der Waals surface area contributed by atoms with E-state index in [0.29, 0.717) is 24.8 Å². The second kappa shape index (κ2) is 6.65. The van der Waals surface area contributed by atoms with Crippen LogP contribution in [0.5, 0.6) is 0 Å². The molecule has 0 saturated carbocycles. The molecule has 1 saturated heterocycles. The predicted molar refractivity (Wildman–Crippen MR) is 91.0 cm³/mol. The molecule has 9 heteroatoms. The third-order valence-corrected chi connectivity index (χ3v) is 4.60. The van der Waals surface area contributed by atoms with E-state index in [1.807, 2.05) is 37.8 Å². The molecule has 0 radical (unpaired) electrons. The van der Waals surface area contributed by atoms with E-state index in [9.17, 15) is 0 Å². The van der Waals surface area contributed by atoms with E-state index < -0.39 is 0 Å². The number of nitrogens with zero attached hydrogens (tertiary/aromatic N) is 6. The zero-order valence-electron chi connectivity index (χ0n) is 15.3. The zero-order chi connectivity index (χ0) is 18.3. The van der Waals surface area contributed by atoms with Crippen molar-refractivity contribution in [1.82, 2.24) is 30.0 Å². The molecule has 0 amide bonds. The van der Waals surface area contributed by atoms with E-state index in [2.05, 4.69) is 25.3 Å². The van der Waals surface area contributed by atoms with Crippen LogP contribution in [0.2, 0.25) is 0 Å². The first-order chi connectivity index (χ1) is 12.5. The topological polar surface area (TPSA) is 95.2 Å². The molecule has 4 rings (SSSR count). The fourth-order valence-corrected chi connectivity index (χ4v) is 3.23. The maximum Gasteiger partial charge on any atom is 0.257 e. The van der Waals surface area contributed by atoms with Crippen molar-refractivity contribution in [3.63, 3.8) is 0 Å². The van der Waals surface area contributed by atoms with Crippen LogP contribution in [0.1, 0.15) is 36.2 Å². The highest BCUT2D eigenvalue weighted by atomic mass is 16.5. The van der Waals surface area contributed by atoms with Crippen LogP contribution in [-0.4, -0.2) is 49.2 Å². The number of aromatic nitrogens is 5. The lowest BCUT2D eigenvalue weighted by molar-refractivity contribution is -0.0944. The molecular weight excluding hydrogens is 336 g/mol. The molecule has 0 aromatic carbocycles. The summed E-state index contributed by atoms with van der Waals surface area (Å²) in [6.45, 7) is 7.95. The van der Waals surface area contributed by atoms with Crippen LogP contribution in [0.15, 0.2) is 21.3 Å². The summed E-state index contributed by atoms with van der Waals surface area (Å²) < 4.78 is 18.6. The summed E-state index contributed by atoms with van der Waals surface area (Å²) in [6, 6.07) is 1.97. The van der Waals surface area contributed by atoms with Crippen molar-refractivity contribution >= 4 is 0 Å². The summed E-state index contributed by atoms with van der Waals surface area (Å²) in [4.78, 5) is 6.54. The molecule has 1 aliphatic heterocycles. The Bertz CT molecular complexity index is 898. The van der Waals surface area contributed by atoms with Crippen LogP contribution in [0.25, 0.3) is 11.3 Å². The van der Waals surface area contributed by atoms with Gasteiger partial charge in [-0.05, 0) is 20.8 Å². The number of aryl methyl sites for hydroxylation is 2. The number of rotatable bonds is 4. The Morgan fingerprint density at radius 3 is 2.73 bits per heavy atom. The summed E-state index contributed by atoms with van der Waals surface area (Å²) >= 11 is 0. The average Bonchev–Trinajstić information content (AvgIpc) is 3.30. The zero-order valence-corrected chi connectivity index (χ0v) is 15.3. The van der Waals surface area contributed by atoms with Crippen molar-refractivity contribution in [3.05, 3.63) is 35.4 Å². The van der Waals surface area contributed by atoms with Gasteiger partial charge < -0.3 is 13.8 Å². The molecule has 26 heavy (non-hydrogen) atoms. The lowest BCUT2D eigenvalue weighted by atomic mass is 10.1. The van der Waals surface area contributed by atoms with Gasteiger partial charge in [0, 0.05) is 37.5 Å². The van der Waals surface area contributed by atoms with Gasteiger partial charge in [-0.25, -0.2) is 0 Å². The first kappa shape index (κ1) is 16.9. The molecule has 4 heterocycles. The van der Waals surface area contributed by atoms with E-state index in [1.54, 1.807) is 6.92 Å². The first-order valence-corrected chi connectivity index (χ1v) is 8.62. The Morgan fingerprint density at radius 1 is 1.19 bits per heavy atom. The van der Waals surface area contributed by atoms with Gasteiger partial charge in [-0.3, -0.25) is 9.58 Å². The van der Waals surface area contributed by atoms with Crippen molar-refractivity contribution in [2.45, 2.75) is 39.5 Å². The number of hydrogen-bond donors (Lipinski definition) is 0. The lowest BCUT2D eigenvalue weighted by Gasteiger charge is -2.34. The Labute approximate surface area is 150 Å². The highest BCUT2D eigenvalue weighted by molar-refractivity contribution is 5.60. The van der Waals surface area contributed by atoms with Gasteiger partial charge in [-0.15, -0.1) is 0 Å². The Hall–Kier alpha value is -2.52. The monoisotopic (exact) mass is 358 g/mol. The molecule has 138 valence electrons. The fourth-order valence-electron chi connectivity index (χ4n) is 3.23. The summed E-state index contributed by atoms with van der Waals surface area (Å²) in [5.41, 5.74) is 2.84. The number of hydrogen-bond acceptors (Lipinski definition) is 8. The van der Waals surface area contributed by atoms with Gasteiger partial charge in [0.1, 0.15) is 11.8 Å². The minimum absolute atomic E-state index is 0.0592. The Kier molecular flexibility index (Phi) is 4.33. The fraction of sp³-hybridized carbons (Fsp3) is 0.529. The minimum Gasteiger partial charge on any atom is -0.363 e. The van der Waals surface area contributed by atoms with E-state index >= 15 is 0 Å². The van der Waals surface area contributed by atoms with Crippen molar-refractivity contribution in [2.24, 2.45) is 7.05 Å². The van der Waals surface area contributed by atoms with Crippen molar-refractivity contribution in [1.29, 1.82) is 0 Å². The molecule has 0 N–H and O–H groups in total. The Balaban J connectivity index is 1.47. The highest BCUT2D eigenvalue weighted by Gasteiger charge is 2.31. The molecule has 3 aromatic heterocycles. The molecule has 2 atom stereocenters. The van der Waals surface area contributed by atoms with Crippen LogP contribution in [0.3, 0.4) is 0 Å². The van der Waals surface area contributed by atoms with Gasteiger partial charge in [0.15, 0.2) is 11.6 Å². The first-order valence-electron chi connectivity index (χ1n) is 8.62. The van der Waals surface area contributed by atoms with Gasteiger partial charge in [-0.2, -0.15) is 10.1 Å². The van der Waals surface area contributed by atoms with Gasteiger partial charge in [-0.1, -0.05) is 10.3 Å². The van der Waals surface area contributed by atoms with E-state index in [4.69, 9.17) is 13.8 Å². The standard InChI is InChI=1S/C17H22N6O3/c1-10-7-23(9-16(24-10)17-19-12(3)20-26-17)8-13-5-15(21-25-13)14-6-18-22(4)11(14)2/h5-6,10,16H,7-9H2,1-4H3/t10-,16-/m1/s1. The third kappa shape index (κ3) is 3.27. The van der Waals surface area contributed by atoms with Crippen molar-refractivity contribution in [3.8, 4) is 11.3 Å². The molecule has 9 nitrogen and oxygen atoms in total. The highest BCUT2D eigenvalue weighted by Crippen LogP contribution is 2.27. The second-order valence-electron chi connectivity index (χ2n) is 6.75.